The van der Waals surface area contributed by atoms with Gasteiger partial charge in [-0.2, -0.15) is 0 Å². The van der Waals surface area contributed by atoms with Gasteiger partial charge in [0.15, 0.2) is 0 Å². The average Bonchev–Trinajstić information content (AvgIpc) is 2.38. The normalized spacial score (nSPS) is 10.6. The lowest BCUT2D eigenvalue weighted by atomic mass is 10.1. The van der Waals surface area contributed by atoms with Crippen molar-refractivity contribution in [2.45, 2.75) is 51.9 Å². The number of carbonyl (C=O) groups is 1. The fourth-order valence-corrected chi connectivity index (χ4v) is 1.61. The summed E-state index contributed by atoms with van der Waals surface area (Å²) >= 11 is 0. The number of rotatable bonds is 13. The van der Waals surface area contributed by atoms with Gasteiger partial charge in [0.1, 0.15) is 6.61 Å². The van der Waals surface area contributed by atoms with Gasteiger partial charge in [-0.3, -0.25) is 4.79 Å². The van der Waals surface area contributed by atoms with E-state index in [0.29, 0.717) is 26.2 Å². The number of carbonyl (C=O) groups excluding carboxylic acids is 1. The van der Waals surface area contributed by atoms with Crippen molar-refractivity contribution in [1.29, 1.82) is 0 Å². The first-order chi connectivity index (χ1) is 8.81. The maximum atomic E-state index is 11.3. The van der Waals surface area contributed by atoms with E-state index in [9.17, 15) is 4.79 Å². The molecule has 0 fully saturated rings. The first kappa shape index (κ1) is 17.4. The summed E-state index contributed by atoms with van der Waals surface area (Å²) in [6.07, 6.45) is 7.70. The Labute approximate surface area is 111 Å². The molecule has 0 aromatic carbocycles. The van der Waals surface area contributed by atoms with Crippen molar-refractivity contribution in [3.8, 4) is 0 Å². The molecule has 4 nitrogen and oxygen atoms in total. The topological polar surface area (TPSA) is 47.6 Å². The van der Waals surface area contributed by atoms with E-state index in [-0.39, 0.29) is 5.97 Å². The predicted octanol–water partition coefficient (Wildman–Crippen LogP) is 2.52. The highest BCUT2D eigenvalue weighted by molar-refractivity contribution is 5.69. The lowest BCUT2D eigenvalue weighted by Crippen LogP contribution is -2.17. The van der Waals surface area contributed by atoms with Gasteiger partial charge >= 0.3 is 5.97 Å². The maximum Gasteiger partial charge on any atom is 0.305 e. The second-order valence-corrected chi connectivity index (χ2v) is 4.45. The molecule has 0 rings (SSSR count). The lowest BCUT2D eigenvalue weighted by Gasteiger charge is -2.06. The van der Waals surface area contributed by atoms with Gasteiger partial charge in [0.25, 0.3) is 0 Å². The van der Waals surface area contributed by atoms with Gasteiger partial charge in [-0.15, -0.1) is 0 Å². The van der Waals surface area contributed by atoms with Crippen LogP contribution in [0, 0.1) is 0 Å². The van der Waals surface area contributed by atoms with Crippen LogP contribution in [0.25, 0.3) is 0 Å². The largest absolute Gasteiger partial charge is 0.463 e. The molecule has 0 radical (unpaired) electrons. The zero-order chi connectivity index (χ0) is 13.5. The van der Waals surface area contributed by atoms with Crippen molar-refractivity contribution in [2.24, 2.45) is 0 Å². The Balaban J connectivity index is 3.12. The average molecular weight is 259 g/mol. The van der Waals surface area contributed by atoms with Crippen molar-refractivity contribution in [2.75, 3.05) is 33.4 Å². The van der Waals surface area contributed by atoms with Crippen LogP contribution < -0.4 is 5.32 Å². The zero-order valence-electron chi connectivity index (χ0n) is 12.0. The molecule has 108 valence electrons. The Kier molecular flexibility index (Phi) is 14.0. The van der Waals surface area contributed by atoms with Crippen molar-refractivity contribution >= 4 is 5.97 Å². The standard InChI is InChI=1S/C14H29NO3/c1-3-4-5-6-7-8-9-14(16)18-13-12-17-11-10-15-2/h15H,3-13H2,1-2H3. The lowest BCUT2D eigenvalue weighted by molar-refractivity contribution is -0.145. The van der Waals surface area contributed by atoms with Crippen LogP contribution in [-0.2, 0) is 14.3 Å². The quantitative estimate of drug-likeness (QED) is 0.408. The third kappa shape index (κ3) is 13.5. The maximum absolute atomic E-state index is 11.3. The number of hydrogen-bond acceptors (Lipinski definition) is 4. The molecule has 0 aromatic heterocycles. The SMILES string of the molecule is CCCCCCCCC(=O)OCCOCCNC. The molecule has 0 amide bonds. The van der Waals surface area contributed by atoms with Crippen molar-refractivity contribution in [3.05, 3.63) is 0 Å². The summed E-state index contributed by atoms with van der Waals surface area (Å²) in [5, 5.41) is 2.98. The van der Waals surface area contributed by atoms with Crippen LogP contribution in [0.1, 0.15) is 51.9 Å². The number of esters is 1. The van der Waals surface area contributed by atoms with E-state index < -0.39 is 0 Å². The van der Waals surface area contributed by atoms with E-state index in [1.54, 1.807) is 0 Å². The van der Waals surface area contributed by atoms with Gasteiger partial charge in [-0.25, -0.2) is 0 Å². The molecule has 4 heteroatoms. The van der Waals surface area contributed by atoms with E-state index in [4.69, 9.17) is 9.47 Å². The summed E-state index contributed by atoms with van der Waals surface area (Å²) in [5.41, 5.74) is 0. The highest BCUT2D eigenvalue weighted by Crippen LogP contribution is 2.07. The molecule has 0 atom stereocenters. The molecule has 0 aliphatic heterocycles. The minimum absolute atomic E-state index is 0.0947. The predicted molar refractivity (Wildman–Crippen MR) is 73.7 cm³/mol. The van der Waals surface area contributed by atoms with Crippen molar-refractivity contribution in [1.82, 2.24) is 5.32 Å². The molecule has 0 saturated carbocycles. The first-order valence-electron chi connectivity index (χ1n) is 7.19. The summed E-state index contributed by atoms with van der Waals surface area (Å²) in [6, 6.07) is 0. The Morgan fingerprint density at radius 2 is 1.72 bits per heavy atom. The monoisotopic (exact) mass is 259 g/mol. The molecule has 18 heavy (non-hydrogen) atoms. The fourth-order valence-electron chi connectivity index (χ4n) is 1.61. The van der Waals surface area contributed by atoms with Crippen LogP contribution in [0.3, 0.4) is 0 Å². The van der Waals surface area contributed by atoms with Gasteiger partial charge in [-0.1, -0.05) is 39.0 Å². The number of hydrogen-bond donors (Lipinski definition) is 1. The zero-order valence-corrected chi connectivity index (χ0v) is 12.0. The number of nitrogens with one attached hydrogen (secondary N) is 1. The van der Waals surface area contributed by atoms with Crippen molar-refractivity contribution in [3.63, 3.8) is 0 Å². The molecule has 0 aliphatic carbocycles. The van der Waals surface area contributed by atoms with Crippen LogP contribution in [0.15, 0.2) is 0 Å². The molecule has 0 heterocycles. The second-order valence-electron chi connectivity index (χ2n) is 4.45. The van der Waals surface area contributed by atoms with Gasteiger partial charge < -0.3 is 14.8 Å². The Hall–Kier alpha value is -0.610. The Morgan fingerprint density at radius 3 is 2.44 bits per heavy atom. The Morgan fingerprint density at radius 1 is 1.00 bits per heavy atom. The highest BCUT2D eigenvalue weighted by Gasteiger charge is 2.02. The molecule has 0 spiro atoms. The van der Waals surface area contributed by atoms with Gasteiger partial charge in [-0.05, 0) is 13.5 Å². The van der Waals surface area contributed by atoms with E-state index in [1.807, 2.05) is 7.05 Å². The van der Waals surface area contributed by atoms with Crippen LogP contribution >= 0.6 is 0 Å². The minimum atomic E-state index is -0.0947. The summed E-state index contributed by atoms with van der Waals surface area (Å²) in [5.74, 6) is -0.0947. The van der Waals surface area contributed by atoms with Crippen LogP contribution in [-0.4, -0.2) is 39.4 Å². The van der Waals surface area contributed by atoms with Gasteiger partial charge in [0.2, 0.25) is 0 Å². The highest BCUT2D eigenvalue weighted by atomic mass is 16.6. The third-order valence-electron chi connectivity index (χ3n) is 2.72. The summed E-state index contributed by atoms with van der Waals surface area (Å²) in [7, 11) is 1.88. The smallest absolute Gasteiger partial charge is 0.305 e. The first-order valence-corrected chi connectivity index (χ1v) is 7.19. The fraction of sp³-hybridized carbons (Fsp3) is 0.929. The molecule has 0 aliphatic rings. The Bertz CT molecular complexity index is 168. The third-order valence-corrected chi connectivity index (χ3v) is 2.72. The molecular formula is C14H29NO3. The van der Waals surface area contributed by atoms with E-state index in [1.165, 1.54) is 25.7 Å². The molecule has 0 unspecified atom stereocenters. The molecule has 0 saturated heterocycles. The molecule has 1 N–H and O–H groups in total. The number of unbranched alkanes of at least 4 members (excludes halogenated alkanes) is 5. The number of likely N-dealkylation sites (N-methyl/N-ethyl adjacent to an activating group) is 1. The molecule has 0 aromatic rings. The van der Waals surface area contributed by atoms with E-state index in [0.717, 1.165) is 19.4 Å². The second kappa shape index (κ2) is 14.5. The van der Waals surface area contributed by atoms with Gasteiger partial charge in [0, 0.05) is 13.0 Å². The molecule has 0 bridgehead atoms. The van der Waals surface area contributed by atoms with Gasteiger partial charge in [0.05, 0.1) is 13.2 Å². The van der Waals surface area contributed by atoms with Crippen LogP contribution in [0.5, 0.6) is 0 Å². The summed E-state index contributed by atoms with van der Waals surface area (Å²) < 4.78 is 10.3. The molecular weight excluding hydrogens is 230 g/mol. The minimum Gasteiger partial charge on any atom is -0.463 e. The summed E-state index contributed by atoms with van der Waals surface area (Å²) in [4.78, 5) is 11.3. The van der Waals surface area contributed by atoms with Crippen molar-refractivity contribution < 1.29 is 14.3 Å². The van der Waals surface area contributed by atoms with E-state index in [2.05, 4.69) is 12.2 Å². The van der Waals surface area contributed by atoms with Crippen LogP contribution in [0.4, 0.5) is 0 Å². The summed E-state index contributed by atoms with van der Waals surface area (Å²) in [6.45, 7) is 4.55. The van der Waals surface area contributed by atoms with E-state index >= 15 is 0 Å². The number of ether oxygens (including phenoxy) is 2. The van der Waals surface area contributed by atoms with Crippen LogP contribution in [0.2, 0.25) is 0 Å².